The average Bonchev–Trinajstić information content (AvgIpc) is 3.21. The molecule has 1 saturated heterocycles. The van der Waals surface area contributed by atoms with Crippen molar-refractivity contribution in [1.82, 2.24) is 16.3 Å². The lowest BCUT2D eigenvalue weighted by atomic mass is 10.0. The fourth-order valence-corrected chi connectivity index (χ4v) is 3.06. The normalized spacial score (nSPS) is 19.4. The van der Waals surface area contributed by atoms with Crippen LogP contribution >= 0.6 is 0 Å². The van der Waals surface area contributed by atoms with E-state index in [0.29, 0.717) is 30.2 Å². The van der Waals surface area contributed by atoms with Gasteiger partial charge in [0.05, 0.1) is 12.3 Å². The summed E-state index contributed by atoms with van der Waals surface area (Å²) in [6.07, 6.45) is 0.600. The number of para-hydroxylation sites is 1. The van der Waals surface area contributed by atoms with Crippen molar-refractivity contribution in [1.29, 1.82) is 0 Å². The van der Waals surface area contributed by atoms with Crippen LogP contribution in [0.2, 0.25) is 0 Å². The van der Waals surface area contributed by atoms with Crippen LogP contribution in [0.25, 0.3) is 0 Å². The molecule has 0 aromatic heterocycles. The van der Waals surface area contributed by atoms with Gasteiger partial charge >= 0.3 is 0 Å². The monoisotopic (exact) mass is 396 g/mol. The molecule has 0 radical (unpaired) electrons. The molecule has 1 heterocycles. The Balaban J connectivity index is 1.54. The van der Waals surface area contributed by atoms with Gasteiger partial charge in [-0.25, -0.2) is 16.3 Å². The highest BCUT2D eigenvalue weighted by Gasteiger charge is 2.30. The number of phenolic OH excluding ortho intramolecular Hbond substituents is 1. The molecule has 7 nitrogen and oxygen atoms in total. The highest BCUT2D eigenvalue weighted by molar-refractivity contribution is 6.01. The standard InChI is InChI=1S/C22H28N4O3/c1-14(2)13-29-17-10-8-16(9-11-17)19-12-20(25-24-19)22(28)26-23-15(3)18-6-4-5-7-21(18)27/h4-11,14,19-20,24-25,27H,12-13H2,1-3H3,(H,26,28)/b23-15+. The first kappa shape index (κ1) is 20.8. The summed E-state index contributed by atoms with van der Waals surface area (Å²) in [6, 6.07) is 14.4. The number of hydrazone groups is 1. The zero-order valence-electron chi connectivity index (χ0n) is 17.0. The molecule has 0 spiro atoms. The largest absolute Gasteiger partial charge is 0.507 e. The number of benzene rings is 2. The van der Waals surface area contributed by atoms with Crippen molar-refractivity contribution in [3.8, 4) is 11.5 Å². The van der Waals surface area contributed by atoms with E-state index in [1.807, 2.05) is 30.3 Å². The Morgan fingerprint density at radius 2 is 1.93 bits per heavy atom. The molecule has 2 atom stereocenters. The van der Waals surface area contributed by atoms with E-state index in [-0.39, 0.29) is 17.7 Å². The molecule has 1 amide bonds. The number of amides is 1. The van der Waals surface area contributed by atoms with Gasteiger partial charge in [0, 0.05) is 11.6 Å². The van der Waals surface area contributed by atoms with Crippen LogP contribution in [0.3, 0.4) is 0 Å². The van der Waals surface area contributed by atoms with Crippen LogP contribution in [0, 0.1) is 5.92 Å². The number of hydrogen-bond acceptors (Lipinski definition) is 6. The second-order valence-corrected chi connectivity index (χ2v) is 7.59. The maximum atomic E-state index is 12.4. The number of hydrogen-bond donors (Lipinski definition) is 4. The predicted octanol–water partition coefficient (Wildman–Crippen LogP) is 2.88. The van der Waals surface area contributed by atoms with Crippen molar-refractivity contribution in [2.75, 3.05) is 6.61 Å². The highest BCUT2D eigenvalue weighted by Crippen LogP contribution is 2.24. The maximum absolute atomic E-state index is 12.4. The van der Waals surface area contributed by atoms with Gasteiger partial charge in [-0.3, -0.25) is 4.79 Å². The lowest BCUT2D eigenvalue weighted by Gasteiger charge is -2.12. The van der Waals surface area contributed by atoms with Gasteiger partial charge in [-0.05, 0) is 49.1 Å². The zero-order valence-corrected chi connectivity index (χ0v) is 17.0. The van der Waals surface area contributed by atoms with Gasteiger partial charge < -0.3 is 9.84 Å². The third-order valence-corrected chi connectivity index (χ3v) is 4.71. The first-order valence-electron chi connectivity index (χ1n) is 9.80. The molecular formula is C22H28N4O3. The Kier molecular flexibility index (Phi) is 6.85. The summed E-state index contributed by atoms with van der Waals surface area (Å²) < 4.78 is 5.71. The number of ether oxygens (including phenoxy) is 1. The van der Waals surface area contributed by atoms with Gasteiger partial charge in [-0.15, -0.1) is 0 Å². The van der Waals surface area contributed by atoms with Crippen LogP contribution in [0.1, 0.15) is 44.4 Å². The molecule has 7 heteroatoms. The van der Waals surface area contributed by atoms with Gasteiger partial charge in [-0.2, -0.15) is 5.10 Å². The Morgan fingerprint density at radius 3 is 2.62 bits per heavy atom. The molecule has 2 aromatic carbocycles. The second kappa shape index (κ2) is 9.54. The lowest BCUT2D eigenvalue weighted by molar-refractivity contribution is -0.122. The first-order chi connectivity index (χ1) is 13.9. The Labute approximate surface area is 171 Å². The molecular weight excluding hydrogens is 368 g/mol. The predicted molar refractivity (Wildman–Crippen MR) is 113 cm³/mol. The first-order valence-corrected chi connectivity index (χ1v) is 9.80. The molecule has 29 heavy (non-hydrogen) atoms. The molecule has 3 rings (SSSR count). The fraction of sp³-hybridized carbons (Fsp3) is 0.364. The maximum Gasteiger partial charge on any atom is 0.258 e. The average molecular weight is 396 g/mol. The lowest BCUT2D eigenvalue weighted by Crippen LogP contribution is -2.41. The van der Waals surface area contributed by atoms with Crippen LogP contribution in [0.15, 0.2) is 53.6 Å². The number of aromatic hydroxyl groups is 1. The zero-order chi connectivity index (χ0) is 20.8. The van der Waals surface area contributed by atoms with E-state index in [2.05, 4.69) is 35.2 Å². The van der Waals surface area contributed by atoms with E-state index >= 15 is 0 Å². The molecule has 1 aliphatic rings. The van der Waals surface area contributed by atoms with Gasteiger partial charge in [0.15, 0.2) is 0 Å². The Hall–Kier alpha value is -2.90. The summed E-state index contributed by atoms with van der Waals surface area (Å²) >= 11 is 0. The molecule has 1 aliphatic heterocycles. The number of hydrazine groups is 1. The summed E-state index contributed by atoms with van der Waals surface area (Å²) in [6.45, 7) is 6.65. The number of nitrogens with zero attached hydrogens (tertiary/aromatic N) is 1. The third-order valence-electron chi connectivity index (χ3n) is 4.71. The van der Waals surface area contributed by atoms with Crippen molar-refractivity contribution < 1.29 is 14.6 Å². The third kappa shape index (κ3) is 5.56. The van der Waals surface area contributed by atoms with Crippen LogP contribution in [-0.2, 0) is 4.79 Å². The quantitative estimate of drug-likeness (QED) is 0.426. The number of carbonyl (C=O) groups is 1. The SMILES string of the molecule is C/C(=N\NC(=O)C1CC(c2ccc(OCC(C)C)cc2)NN1)c1ccccc1O. The minimum absolute atomic E-state index is 0.0214. The summed E-state index contributed by atoms with van der Waals surface area (Å²) in [4.78, 5) is 12.4. The molecule has 2 unspecified atom stereocenters. The number of rotatable bonds is 7. The van der Waals surface area contributed by atoms with E-state index in [0.717, 1.165) is 11.3 Å². The summed E-state index contributed by atoms with van der Waals surface area (Å²) in [5.41, 5.74) is 11.0. The van der Waals surface area contributed by atoms with Crippen molar-refractivity contribution in [3.63, 3.8) is 0 Å². The number of nitrogens with one attached hydrogen (secondary N) is 3. The fourth-order valence-electron chi connectivity index (χ4n) is 3.06. The molecule has 0 bridgehead atoms. The molecule has 4 N–H and O–H groups in total. The minimum Gasteiger partial charge on any atom is -0.507 e. The molecule has 0 aliphatic carbocycles. The molecule has 154 valence electrons. The van der Waals surface area contributed by atoms with Gasteiger partial charge in [0.1, 0.15) is 17.5 Å². The summed E-state index contributed by atoms with van der Waals surface area (Å²) in [7, 11) is 0. The Bertz CT molecular complexity index is 865. The van der Waals surface area contributed by atoms with Gasteiger partial charge in [0.25, 0.3) is 5.91 Å². The molecule has 1 fully saturated rings. The van der Waals surface area contributed by atoms with E-state index in [1.54, 1.807) is 25.1 Å². The van der Waals surface area contributed by atoms with E-state index in [9.17, 15) is 9.90 Å². The highest BCUT2D eigenvalue weighted by atomic mass is 16.5. The van der Waals surface area contributed by atoms with Crippen LogP contribution in [0.5, 0.6) is 11.5 Å². The van der Waals surface area contributed by atoms with Gasteiger partial charge in [0.2, 0.25) is 0 Å². The van der Waals surface area contributed by atoms with E-state index in [4.69, 9.17) is 4.74 Å². The second-order valence-electron chi connectivity index (χ2n) is 7.59. The summed E-state index contributed by atoms with van der Waals surface area (Å²) in [5.74, 6) is 1.22. The van der Waals surface area contributed by atoms with Crippen LogP contribution < -0.4 is 21.0 Å². The van der Waals surface area contributed by atoms with E-state index < -0.39 is 6.04 Å². The minimum atomic E-state index is -0.405. The van der Waals surface area contributed by atoms with Crippen molar-refractivity contribution >= 4 is 11.6 Å². The number of phenols is 1. The topological polar surface area (TPSA) is 95.0 Å². The smallest absolute Gasteiger partial charge is 0.258 e. The van der Waals surface area contributed by atoms with E-state index in [1.165, 1.54) is 0 Å². The van der Waals surface area contributed by atoms with Gasteiger partial charge in [-0.1, -0.05) is 38.1 Å². The molecule has 0 saturated carbocycles. The van der Waals surface area contributed by atoms with Crippen LogP contribution in [0.4, 0.5) is 0 Å². The Morgan fingerprint density at radius 1 is 1.21 bits per heavy atom. The van der Waals surface area contributed by atoms with Crippen LogP contribution in [-0.4, -0.2) is 29.4 Å². The van der Waals surface area contributed by atoms with Crippen molar-refractivity contribution in [3.05, 3.63) is 59.7 Å². The van der Waals surface area contributed by atoms with Crippen molar-refractivity contribution in [2.24, 2.45) is 11.0 Å². The number of carbonyl (C=O) groups excluding carboxylic acids is 1. The summed E-state index contributed by atoms with van der Waals surface area (Å²) in [5, 5.41) is 14.0. The van der Waals surface area contributed by atoms with Crippen molar-refractivity contribution in [2.45, 2.75) is 39.3 Å². The molecule has 2 aromatic rings.